The van der Waals surface area contributed by atoms with Gasteiger partial charge in [-0.15, -0.1) is 0 Å². The van der Waals surface area contributed by atoms with E-state index in [2.05, 4.69) is 15.5 Å². The van der Waals surface area contributed by atoms with E-state index in [1.807, 2.05) is 30.3 Å². The number of carbonyl (C=O) groups is 1. The summed E-state index contributed by atoms with van der Waals surface area (Å²) >= 11 is 0. The summed E-state index contributed by atoms with van der Waals surface area (Å²) in [7, 11) is 0. The van der Waals surface area contributed by atoms with Gasteiger partial charge in [0.05, 0.1) is 23.1 Å². The fraction of sp³-hybridized carbons (Fsp3) is 0.167. The maximum atomic E-state index is 12.5. The van der Waals surface area contributed by atoms with Crippen LogP contribution in [0.3, 0.4) is 0 Å². The van der Waals surface area contributed by atoms with Crippen molar-refractivity contribution in [2.75, 3.05) is 6.54 Å². The number of nitrogens with one attached hydrogen (secondary N) is 1. The van der Waals surface area contributed by atoms with Crippen molar-refractivity contribution in [1.82, 2.24) is 20.3 Å². The topological polar surface area (TPSA) is 59.8 Å². The van der Waals surface area contributed by atoms with Crippen molar-refractivity contribution in [2.24, 2.45) is 0 Å². The third kappa shape index (κ3) is 4.27. The lowest BCUT2D eigenvalue weighted by Gasteiger charge is -2.08. The monoisotopic (exact) mass is 360 g/mol. The van der Waals surface area contributed by atoms with Gasteiger partial charge in [0.2, 0.25) is 0 Å². The number of hydrogen-bond donors (Lipinski definition) is 1. The van der Waals surface area contributed by atoms with E-state index in [9.17, 15) is 18.0 Å². The molecule has 2 aromatic carbocycles. The largest absolute Gasteiger partial charge is 0.416 e. The smallest absolute Gasteiger partial charge is 0.352 e. The molecule has 1 aromatic heterocycles. The number of para-hydroxylation sites is 1. The Labute approximate surface area is 147 Å². The molecule has 0 radical (unpaired) electrons. The number of alkyl halides is 3. The average molecular weight is 360 g/mol. The summed E-state index contributed by atoms with van der Waals surface area (Å²) < 4.78 is 37.6. The molecule has 0 unspecified atom stereocenters. The number of hydrogen-bond acceptors (Lipinski definition) is 3. The fourth-order valence-electron chi connectivity index (χ4n) is 2.31. The molecule has 0 saturated heterocycles. The molecule has 1 heterocycles. The van der Waals surface area contributed by atoms with Gasteiger partial charge < -0.3 is 5.32 Å². The first kappa shape index (κ1) is 17.7. The van der Waals surface area contributed by atoms with Gasteiger partial charge >= 0.3 is 6.18 Å². The van der Waals surface area contributed by atoms with Crippen LogP contribution in [0.15, 0.2) is 60.8 Å². The molecule has 1 N–H and O–H groups in total. The summed E-state index contributed by atoms with van der Waals surface area (Å²) in [4.78, 5) is 13.5. The number of carbonyl (C=O) groups excluding carboxylic acids is 1. The number of rotatable bonds is 5. The van der Waals surface area contributed by atoms with E-state index in [0.717, 1.165) is 30.0 Å². The van der Waals surface area contributed by atoms with Gasteiger partial charge in [0, 0.05) is 18.5 Å². The first-order valence-corrected chi connectivity index (χ1v) is 7.85. The van der Waals surface area contributed by atoms with Crippen LogP contribution >= 0.6 is 0 Å². The lowest BCUT2D eigenvalue weighted by Crippen LogP contribution is -2.25. The zero-order valence-electron chi connectivity index (χ0n) is 13.6. The van der Waals surface area contributed by atoms with Crippen molar-refractivity contribution in [1.29, 1.82) is 0 Å². The molecular weight excluding hydrogens is 345 g/mol. The van der Waals surface area contributed by atoms with Crippen LogP contribution < -0.4 is 5.32 Å². The lowest BCUT2D eigenvalue weighted by atomic mass is 10.1. The number of nitrogens with zero attached hydrogens (tertiary/aromatic N) is 3. The van der Waals surface area contributed by atoms with Gasteiger partial charge in [-0.1, -0.05) is 18.2 Å². The molecule has 0 spiro atoms. The van der Waals surface area contributed by atoms with Gasteiger partial charge in [0.1, 0.15) is 0 Å². The molecule has 5 nitrogen and oxygen atoms in total. The first-order valence-electron chi connectivity index (χ1n) is 7.85. The second-order valence-corrected chi connectivity index (χ2v) is 5.54. The predicted molar refractivity (Wildman–Crippen MR) is 88.8 cm³/mol. The molecular formula is C18H15F3N4O. The van der Waals surface area contributed by atoms with E-state index in [-0.39, 0.29) is 5.56 Å². The summed E-state index contributed by atoms with van der Waals surface area (Å²) in [5.74, 6) is -0.436. The second kappa shape index (κ2) is 7.38. The number of aromatic nitrogens is 3. The minimum Gasteiger partial charge on any atom is -0.352 e. The van der Waals surface area contributed by atoms with Crippen molar-refractivity contribution >= 4 is 5.91 Å². The maximum absolute atomic E-state index is 12.5. The van der Waals surface area contributed by atoms with E-state index in [4.69, 9.17) is 0 Å². The highest BCUT2D eigenvalue weighted by Crippen LogP contribution is 2.29. The van der Waals surface area contributed by atoms with E-state index < -0.39 is 17.6 Å². The predicted octanol–water partition coefficient (Wildman–Crippen LogP) is 3.26. The van der Waals surface area contributed by atoms with E-state index in [0.29, 0.717) is 18.7 Å². The van der Waals surface area contributed by atoms with Gasteiger partial charge in [-0.05, 0) is 36.4 Å². The van der Waals surface area contributed by atoms with Crippen LogP contribution in [0, 0.1) is 0 Å². The quantitative estimate of drug-likeness (QED) is 0.760. The highest BCUT2D eigenvalue weighted by Gasteiger charge is 2.30. The molecule has 3 rings (SSSR count). The average Bonchev–Trinajstić information content (AvgIpc) is 3.11. The third-order valence-electron chi connectivity index (χ3n) is 3.67. The molecule has 26 heavy (non-hydrogen) atoms. The summed E-state index contributed by atoms with van der Waals surface area (Å²) in [6.07, 6.45) is -2.35. The number of benzene rings is 2. The molecule has 0 aliphatic rings. The summed E-state index contributed by atoms with van der Waals surface area (Å²) in [5.41, 5.74) is 0.909. The fourth-order valence-corrected chi connectivity index (χ4v) is 2.31. The highest BCUT2D eigenvalue weighted by molar-refractivity contribution is 5.94. The Hall–Kier alpha value is -3.16. The van der Waals surface area contributed by atoms with Crippen molar-refractivity contribution in [3.05, 3.63) is 77.6 Å². The molecule has 1 amide bonds. The van der Waals surface area contributed by atoms with Gasteiger partial charge in [-0.2, -0.15) is 28.2 Å². The Balaban J connectivity index is 1.53. The third-order valence-corrected chi connectivity index (χ3v) is 3.67. The van der Waals surface area contributed by atoms with Crippen molar-refractivity contribution in [3.8, 4) is 5.69 Å². The highest BCUT2D eigenvalue weighted by atomic mass is 19.4. The SMILES string of the molecule is O=C(NCCc1cnn(-c2ccccc2)n1)c1ccc(C(F)(F)F)cc1. The van der Waals surface area contributed by atoms with Crippen LogP contribution in [0.4, 0.5) is 13.2 Å². The summed E-state index contributed by atoms with van der Waals surface area (Å²) in [6, 6.07) is 13.5. The zero-order valence-corrected chi connectivity index (χ0v) is 13.6. The minimum absolute atomic E-state index is 0.172. The van der Waals surface area contributed by atoms with Crippen LogP contribution in [-0.4, -0.2) is 27.4 Å². The zero-order chi connectivity index (χ0) is 18.6. The van der Waals surface area contributed by atoms with Crippen molar-refractivity contribution in [3.63, 3.8) is 0 Å². The molecule has 0 saturated carbocycles. The van der Waals surface area contributed by atoms with Crippen LogP contribution in [-0.2, 0) is 12.6 Å². The first-order chi connectivity index (χ1) is 12.4. The molecule has 3 aromatic rings. The van der Waals surface area contributed by atoms with Crippen LogP contribution in [0.1, 0.15) is 21.6 Å². The van der Waals surface area contributed by atoms with Gasteiger partial charge in [0.15, 0.2) is 0 Å². The van der Waals surface area contributed by atoms with Crippen molar-refractivity contribution in [2.45, 2.75) is 12.6 Å². The number of amides is 1. The Bertz CT molecular complexity index is 873. The molecule has 0 atom stereocenters. The molecule has 134 valence electrons. The molecule has 0 bridgehead atoms. The Kier molecular flexibility index (Phi) is 5.01. The van der Waals surface area contributed by atoms with Crippen molar-refractivity contribution < 1.29 is 18.0 Å². The van der Waals surface area contributed by atoms with Crippen LogP contribution in [0.25, 0.3) is 5.69 Å². The van der Waals surface area contributed by atoms with Crippen LogP contribution in [0.5, 0.6) is 0 Å². The van der Waals surface area contributed by atoms with Gasteiger partial charge in [-0.25, -0.2) is 0 Å². The molecule has 0 aliphatic carbocycles. The maximum Gasteiger partial charge on any atom is 0.416 e. The Morgan fingerprint density at radius 1 is 1.04 bits per heavy atom. The van der Waals surface area contributed by atoms with E-state index >= 15 is 0 Å². The van der Waals surface area contributed by atoms with Gasteiger partial charge in [0.25, 0.3) is 5.91 Å². The molecule has 0 aliphatic heterocycles. The second-order valence-electron chi connectivity index (χ2n) is 5.54. The lowest BCUT2D eigenvalue weighted by molar-refractivity contribution is -0.137. The minimum atomic E-state index is -4.42. The summed E-state index contributed by atoms with van der Waals surface area (Å²) in [6.45, 7) is 0.299. The molecule has 8 heteroatoms. The summed E-state index contributed by atoms with van der Waals surface area (Å²) in [5, 5.41) is 11.1. The van der Waals surface area contributed by atoms with Crippen LogP contribution in [0.2, 0.25) is 0 Å². The van der Waals surface area contributed by atoms with E-state index in [1.54, 1.807) is 6.20 Å². The Morgan fingerprint density at radius 3 is 2.38 bits per heavy atom. The van der Waals surface area contributed by atoms with Gasteiger partial charge in [-0.3, -0.25) is 4.79 Å². The Morgan fingerprint density at radius 2 is 1.73 bits per heavy atom. The molecule has 0 fully saturated rings. The normalized spacial score (nSPS) is 11.3. The standard InChI is InChI=1S/C18H15F3N4O/c19-18(20,21)14-8-6-13(7-9-14)17(26)22-11-10-15-12-23-25(24-15)16-4-2-1-3-5-16/h1-9,12H,10-11H2,(H,22,26). The number of halogens is 3. The van der Waals surface area contributed by atoms with E-state index in [1.165, 1.54) is 4.80 Å².